The number of hydrogen-bond donors (Lipinski definition) is 1. The van der Waals surface area contributed by atoms with Gasteiger partial charge in [0, 0.05) is 11.5 Å². The van der Waals surface area contributed by atoms with Crippen LogP contribution in [0.4, 0.5) is 0 Å². The first-order chi connectivity index (χ1) is 15.6. The van der Waals surface area contributed by atoms with Crippen LogP contribution in [0.1, 0.15) is 21.5 Å². The predicted molar refractivity (Wildman–Crippen MR) is 119 cm³/mol. The van der Waals surface area contributed by atoms with E-state index in [1.54, 1.807) is 18.2 Å². The minimum absolute atomic E-state index is 0.0999. The third-order valence-corrected chi connectivity index (χ3v) is 5.80. The molecule has 4 aromatic carbocycles. The molecule has 1 unspecified atom stereocenters. The van der Waals surface area contributed by atoms with Crippen molar-refractivity contribution in [2.75, 3.05) is 0 Å². The van der Waals surface area contributed by atoms with Crippen molar-refractivity contribution in [2.24, 2.45) is 0 Å². The van der Waals surface area contributed by atoms with Gasteiger partial charge in [0.05, 0.1) is 16.5 Å². The summed E-state index contributed by atoms with van der Waals surface area (Å²) in [5.41, 5.74) is 1.73. The molecule has 1 spiro atoms. The van der Waals surface area contributed by atoms with Crippen LogP contribution in [-0.2, 0) is 12.4 Å². The summed E-state index contributed by atoms with van der Waals surface area (Å²) in [5.74, 6) is 0.228. The lowest BCUT2D eigenvalue weighted by atomic mass is 9.89. The van der Waals surface area contributed by atoms with E-state index in [0.717, 1.165) is 22.1 Å². The van der Waals surface area contributed by atoms with Gasteiger partial charge in [0.15, 0.2) is 5.78 Å². The molecule has 1 N–H and O–H groups in total. The lowest BCUT2D eigenvalue weighted by Crippen LogP contribution is -2.42. The first-order valence-corrected chi connectivity index (χ1v) is 10.3. The van der Waals surface area contributed by atoms with Gasteiger partial charge in [-0.05, 0) is 42.0 Å². The number of phenols is 1. The molecule has 5 heteroatoms. The number of benzene rings is 4. The topological polar surface area (TPSA) is 65.0 Å². The molecule has 156 valence electrons. The quantitative estimate of drug-likeness (QED) is 0.472. The Bertz CT molecular complexity index is 1390. The number of ether oxygens (including phenoxy) is 3. The molecule has 2 aliphatic rings. The monoisotopic (exact) mass is 422 g/mol. The van der Waals surface area contributed by atoms with Crippen LogP contribution in [0.3, 0.4) is 0 Å². The van der Waals surface area contributed by atoms with Crippen LogP contribution >= 0.6 is 0 Å². The summed E-state index contributed by atoms with van der Waals surface area (Å²) in [6.45, 7) is 0.447. The van der Waals surface area contributed by atoms with E-state index >= 15 is 0 Å². The number of fused-ring (bicyclic) bond motifs is 2. The second-order valence-corrected chi connectivity index (χ2v) is 7.78. The second kappa shape index (κ2) is 6.89. The van der Waals surface area contributed by atoms with Crippen LogP contribution in [0, 0.1) is 0 Å². The number of ketones is 1. The van der Waals surface area contributed by atoms with Gasteiger partial charge in [-0.2, -0.15) is 0 Å². The maximum atomic E-state index is 12.4. The van der Waals surface area contributed by atoms with Gasteiger partial charge in [-0.1, -0.05) is 48.5 Å². The molecule has 0 amide bonds. The minimum atomic E-state index is -1.34. The Morgan fingerprint density at radius 2 is 1.62 bits per heavy atom. The number of aromatic hydroxyl groups is 1. The summed E-state index contributed by atoms with van der Waals surface area (Å²) in [5, 5.41) is 12.0. The van der Waals surface area contributed by atoms with E-state index in [1.165, 1.54) is 12.1 Å². The lowest BCUT2D eigenvalue weighted by molar-refractivity contribution is -0.0840. The normalized spacial score (nSPS) is 18.2. The Hall–Kier alpha value is -4.25. The average Bonchev–Trinajstić information content (AvgIpc) is 2.82. The summed E-state index contributed by atoms with van der Waals surface area (Å²) in [6, 6.07) is 24.3. The summed E-state index contributed by atoms with van der Waals surface area (Å²) >= 11 is 0. The van der Waals surface area contributed by atoms with E-state index in [4.69, 9.17) is 14.2 Å². The Balaban J connectivity index is 1.43. The summed E-state index contributed by atoms with van der Waals surface area (Å²) in [7, 11) is 0. The van der Waals surface area contributed by atoms with Gasteiger partial charge in [-0.25, -0.2) is 0 Å². The molecule has 1 heterocycles. The Labute approximate surface area is 184 Å². The van der Waals surface area contributed by atoms with Crippen LogP contribution < -0.4 is 14.2 Å². The molecule has 0 saturated heterocycles. The summed E-state index contributed by atoms with van der Waals surface area (Å²) < 4.78 is 18.8. The van der Waals surface area contributed by atoms with E-state index in [2.05, 4.69) is 0 Å². The molecule has 1 aliphatic carbocycles. The van der Waals surface area contributed by atoms with E-state index < -0.39 is 5.79 Å². The highest BCUT2D eigenvalue weighted by Gasteiger charge is 2.45. The van der Waals surface area contributed by atoms with Crippen molar-refractivity contribution in [1.29, 1.82) is 0 Å². The number of carbonyl (C=O) groups is 1. The van der Waals surface area contributed by atoms with Crippen LogP contribution in [-0.4, -0.2) is 10.9 Å². The third-order valence-electron chi connectivity index (χ3n) is 5.80. The third kappa shape index (κ3) is 2.75. The van der Waals surface area contributed by atoms with Crippen LogP contribution in [0.25, 0.3) is 10.8 Å². The molecule has 0 radical (unpaired) electrons. The molecule has 0 aromatic heterocycles. The molecule has 0 saturated carbocycles. The first kappa shape index (κ1) is 18.5. The summed E-state index contributed by atoms with van der Waals surface area (Å²) in [6.07, 6.45) is 2.98. The fraction of sp³-hybridized carbons (Fsp3) is 0.0741. The van der Waals surface area contributed by atoms with Crippen molar-refractivity contribution in [1.82, 2.24) is 0 Å². The van der Waals surface area contributed by atoms with E-state index in [1.807, 2.05) is 60.7 Å². The minimum Gasteiger partial charge on any atom is -0.507 e. The second-order valence-electron chi connectivity index (χ2n) is 7.78. The lowest BCUT2D eigenvalue weighted by Gasteiger charge is -2.39. The van der Waals surface area contributed by atoms with Crippen molar-refractivity contribution < 1.29 is 24.1 Å². The van der Waals surface area contributed by atoms with Gasteiger partial charge < -0.3 is 19.3 Å². The molecule has 5 nitrogen and oxygen atoms in total. The van der Waals surface area contributed by atoms with Gasteiger partial charge in [0.1, 0.15) is 29.6 Å². The number of allylic oxidation sites excluding steroid dienone is 1. The zero-order valence-corrected chi connectivity index (χ0v) is 16.9. The molecule has 0 bridgehead atoms. The maximum Gasteiger partial charge on any atom is 0.299 e. The number of rotatable bonds is 3. The van der Waals surface area contributed by atoms with Crippen molar-refractivity contribution in [3.63, 3.8) is 0 Å². The van der Waals surface area contributed by atoms with Gasteiger partial charge >= 0.3 is 0 Å². The number of carbonyl (C=O) groups excluding carboxylic acids is 1. The molecular weight excluding hydrogens is 404 g/mol. The predicted octanol–water partition coefficient (Wildman–Crippen LogP) is 5.50. The first-order valence-electron chi connectivity index (χ1n) is 10.3. The van der Waals surface area contributed by atoms with Crippen LogP contribution in [0.2, 0.25) is 0 Å². The summed E-state index contributed by atoms with van der Waals surface area (Å²) in [4.78, 5) is 12.4. The van der Waals surface area contributed by atoms with Gasteiger partial charge in [0.2, 0.25) is 0 Å². The zero-order chi connectivity index (χ0) is 21.7. The Morgan fingerprint density at radius 3 is 2.47 bits per heavy atom. The van der Waals surface area contributed by atoms with Crippen molar-refractivity contribution in [3.8, 4) is 23.0 Å². The van der Waals surface area contributed by atoms with E-state index in [9.17, 15) is 9.90 Å². The fourth-order valence-corrected chi connectivity index (χ4v) is 4.32. The molecule has 1 aliphatic heterocycles. The molecular formula is C27H18O5. The highest BCUT2D eigenvalue weighted by Crippen LogP contribution is 2.50. The highest BCUT2D eigenvalue weighted by atomic mass is 16.7. The van der Waals surface area contributed by atoms with Crippen molar-refractivity contribution in [2.45, 2.75) is 12.4 Å². The van der Waals surface area contributed by atoms with Gasteiger partial charge in [-0.3, -0.25) is 4.79 Å². The van der Waals surface area contributed by atoms with E-state index in [0.29, 0.717) is 23.7 Å². The molecule has 1 atom stereocenters. The smallest absolute Gasteiger partial charge is 0.299 e. The zero-order valence-electron chi connectivity index (χ0n) is 16.9. The SMILES string of the molecule is O=C1C=CC2(Oc3cccc4c(OCc5ccccc5)ccc(c34)O2)c2cccc(O)c21. The molecule has 6 rings (SSSR count). The molecule has 0 fully saturated rings. The van der Waals surface area contributed by atoms with Gasteiger partial charge in [0.25, 0.3) is 5.79 Å². The van der Waals surface area contributed by atoms with Crippen molar-refractivity contribution >= 4 is 16.6 Å². The maximum absolute atomic E-state index is 12.4. The molecule has 32 heavy (non-hydrogen) atoms. The highest BCUT2D eigenvalue weighted by molar-refractivity contribution is 6.09. The van der Waals surface area contributed by atoms with E-state index in [-0.39, 0.29) is 17.1 Å². The number of phenolic OH excluding ortho intramolecular Hbond substituents is 1. The fourth-order valence-electron chi connectivity index (χ4n) is 4.32. The Kier molecular flexibility index (Phi) is 3.98. The largest absolute Gasteiger partial charge is 0.507 e. The van der Waals surface area contributed by atoms with Crippen LogP contribution in [0.15, 0.2) is 91.0 Å². The average molecular weight is 422 g/mol. The van der Waals surface area contributed by atoms with Crippen LogP contribution in [0.5, 0.6) is 23.0 Å². The number of hydrogen-bond acceptors (Lipinski definition) is 5. The molecule has 4 aromatic rings. The van der Waals surface area contributed by atoms with Crippen molar-refractivity contribution in [3.05, 3.63) is 108 Å². The Morgan fingerprint density at radius 1 is 0.844 bits per heavy atom. The van der Waals surface area contributed by atoms with Gasteiger partial charge in [-0.15, -0.1) is 0 Å². The standard InChI is InChI=1S/C27H18O5/c28-20-10-5-9-19-26(20)21(29)14-15-27(19)31-23-11-4-8-18-22(12-13-24(32-27)25(18)23)30-16-17-6-2-1-3-7-17/h1-15,28H,16H2.